The van der Waals surface area contributed by atoms with E-state index in [1.165, 1.54) is 29.2 Å². The zero-order valence-corrected chi connectivity index (χ0v) is 8.73. The highest BCUT2D eigenvalue weighted by atomic mass is 32.2. The predicted molar refractivity (Wildman–Crippen MR) is 60.6 cm³/mol. The average Bonchev–Trinajstić information content (AvgIpc) is 2.57. The first-order chi connectivity index (χ1) is 6.40. The third-order valence-corrected chi connectivity index (χ3v) is 3.41. The molecule has 2 rings (SSSR count). The van der Waals surface area contributed by atoms with Gasteiger partial charge in [0, 0.05) is 17.5 Å². The van der Waals surface area contributed by atoms with Gasteiger partial charge in [0.1, 0.15) is 0 Å². The number of hydrogen-bond donors (Lipinski definition) is 1. The van der Waals surface area contributed by atoms with E-state index >= 15 is 0 Å². The molecule has 1 atom stereocenters. The van der Waals surface area contributed by atoms with Gasteiger partial charge in [-0.15, -0.1) is 0 Å². The van der Waals surface area contributed by atoms with Crippen LogP contribution in [0.25, 0.3) is 0 Å². The second-order valence-corrected chi connectivity index (χ2v) is 4.68. The fraction of sp³-hybridized carbons (Fsp3) is 0.455. The molecular weight excluding hydrogens is 178 g/mol. The van der Waals surface area contributed by atoms with Crippen molar-refractivity contribution in [3.8, 4) is 0 Å². The minimum Gasteiger partial charge on any atom is -0.381 e. The Bertz CT molecular complexity index is 260. The van der Waals surface area contributed by atoms with Crippen LogP contribution in [0.2, 0.25) is 0 Å². The van der Waals surface area contributed by atoms with Crippen molar-refractivity contribution in [2.45, 2.75) is 19.4 Å². The number of rotatable bonds is 3. The van der Waals surface area contributed by atoms with Crippen LogP contribution in [0.15, 0.2) is 24.3 Å². The zero-order chi connectivity index (χ0) is 9.10. The summed E-state index contributed by atoms with van der Waals surface area (Å²) < 4.78 is 0. The van der Waals surface area contributed by atoms with E-state index in [9.17, 15) is 0 Å². The molecule has 0 saturated heterocycles. The first kappa shape index (κ1) is 8.95. The quantitative estimate of drug-likeness (QED) is 0.792. The van der Waals surface area contributed by atoms with Crippen molar-refractivity contribution in [3.05, 3.63) is 29.8 Å². The van der Waals surface area contributed by atoms with Crippen LogP contribution in [-0.2, 0) is 6.42 Å². The fourth-order valence-corrected chi connectivity index (χ4v) is 2.46. The minimum atomic E-state index is 0.655. The van der Waals surface area contributed by atoms with Crippen molar-refractivity contribution in [3.63, 3.8) is 0 Å². The maximum atomic E-state index is 3.55. The molecule has 13 heavy (non-hydrogen) atoms. The van der Waals surface area contributed by atoms with Gasteiger partial charge in [0.2, 0.25) is 0 Å². The molecule has 0 aliphatic carbocycles. The Morgan fingerprint density at radius 2 is 2.31 bits per heavy atom. The summed E-state index contributed by atoms with van der Waals surface area (Å²) in [5.74, 6) is 2.44. The maximum Gasteiger partial charge on any atom is 0.0392 e. The summed E-state index contributed by atoms with van der Waals surface area (Å²) >= 11 is 2.01. The van der Waals surface area contributed by atoms with Crippen LogP contribution < -0.4 is 5.32 Å². The van der Waals surface area contributed by atoms with Gasteiger partial charge in [-0.3, -0.25) is 0 Å². The number of thioether (sulfide) groups is 1. The van der Waals surface area contributed by atoms with E-state index in [1.54, 1.807) is 0 Å². The lowest BCUT2D eigenvalue weighted by Crippen LogP contribution is -2.18. The number of hydrogen-bond acceptors (Lipinski definition) is 2. The molecule has 1 aliphatic rings. The van der Waals surface area contributed by atoms with E-state index in [-0.39, 0.29) is 0 Å². The molecule has 1 aliphatic heterocycles. The van der Waals surface area contributed by atoms with Gasteiger partial charge in [-0.2, -0.15) is 11.8 Å². The molecule has 0 spiro atoms. The molecule has 1 unspecified atom stereocenters. The molecule has 0 bridgehead atoms. The van der Waals surface area contributed by atoms with Gasteiger partial charge in [0.15, 0.2) is 0 Å². The highest BCUT2D eigenvalue weighted by Crippen LogP contribution is 2.26. The van der Waals surface area contributed by atoms with Crippen LogP contribution in [0.4, 0.5) is 5.69 Å². The van der Waals surface area contributed by atoms with E-state index in [0.717, 1.165) is 0 Å². The number of para-hydroxylation sites is 1. The lowest BCUT2D eigenvalue weighted by atomic mass is 10.1. The summed E-state index contributed by atoms with van der Waals surface area (Å²) in [6, 6.07) is 9.27. The monoisotopic (exact) mass is 193 g/mol. The molecule has 0 saturated carbocycles. The van der Waals surface area contributed by atoms with E-state index in [0.29, 0.717) is 6.04 Å². The third kappa shape index (κ3) is 1.99. The van der Waals surface area contributed by atoms with Gasteiger partial charge in [-0.1, -0.05) is 25.1 Å². The summed E-state index contributed by atoms with van der Waals surface area (Å²) in [5, 5.41) is 3.55. The topological polar surface area (TPSA) is 12.0 Å². The summed E-state index contributed by atoms with van der Waals surface area (Å²) in [7, 11) is 0. The summed E-state index contributed by atoms with van der Waals surface area (Å²) in [6.07, 6.45) is 1.20. The Morgan fingerprint density at radius 1 is 1.46 bits per heavy atom. The number of anilines is 1. The molecule has 2 heteroatoms. The van der Waals surface area contributed by atoms with Crippen LogP contribution in [0.3, 0.4) is 0 Å². The van der Waals surface area contributed by atoms with Gasteiger partial charge in [-0.05, 0) is 23.8 Å². The molecule has 0 aromatic heterocycles. The Morgan fingerprint density at radius 3 is 3.08 bits per heavy atom. The molecule has 70 valence electrons. The number of fused-ring (bicyclic) bond motifs is 1. The lowest BCUT2D eigenvalue weighted by molar-refractivity contribution is 0.851. The first-order valence-corrected chi connectivity index (χ1v) is 5.98. The van der Waals surface area contributed by atoms with E-state index in [1.807, 2.05) is 11.8 Å². The van der Waals surface area contributed by atoms with Gasteiger partial charge >= 0.3 is 0 Å². The Kier molecular flexibility index (Phi) is 2.79. The average molecular weight is 193 g/mol. The normalized spacial score (nSPS) is 19.6. The zero-order valence-electron chi connectivity index (χ0n) is 7.92. The molecule has 1 aromatic rings. The van der Waals surface area contributed by atoms with Crippen molar-refractivity contribution in [2.75, 3.05) is 16.8 Å². The SMILES string of the molecule is CCSCC1Cc2ccccc2N1. The second kappa shape index (κ2) is 4.05. The molecule has 1 N–H and O–H groups in total. The van der Waals surface area contributed by atoms with Crippen molar-refractivity contribution < 1.29 is 0 Å². The van der Waals surface area contributed by atoms with E-state index in [2.05, 4.69) is 36.5 Å². The lowest BCUT2D eigenvalue weighted by Gasteiger charge is -2.09. The van der Waals surface area contributed by atoms with Crippen LogP contribution in [0.5, 0.6) is 0 Å². The van der Waals surface area contributed by atoms with Gasteiger partial charge in [0.05, 0.1) is 0 Å². The summed E-state index contributed by atoms with van der Waals surface area (Å²) in [5.41, 5.74) is 2.81. The van der Waals surface area contributed by atoms with Crippen molar-refractivity contribution in [2.24, 2.45) is 0 Å². The Labute approximate surface area is 83.9 Å². The van der Waals surface area contributed by atoms with Gasteiger partial charge < -0.3 is 5.32 Å². The number of benzene rings is 1. The van der Waals surface area contributed by atoms with Crippen LogP contribution >= 0.6 is 11.8 Å². The smallest absolute Gasteiger partial charge is 0.0392 e. The van der Waals surface area contributed by atoms with E-state index in [4.69, 9.17) is 0 Å². The maximum absolute atomic E-state index is 3.55. The molecule has 1 aromatic carbocycles. The summed E-state index contributed by atoms with van der Waals surface area (Å²) in [4.78, 5) is 0. The third-order valence-electron chi connectivity index (χ3n) is 2.37. The first-order valence-electron chi connectivity index (χ1n) is 4.82. The van der Waals surface area contributed by atoms with Gasteiger partial charge in [-0.25, -0.2) is 0 Å². The van der Waals surface area contributed by atoms with E-state index < -0.39 is 0 Å². The molecule has 0 amide bonds. The highest BCUT2D eigenvalue weighted by molar-refractivity contribution is 7.99. The fourth-order valence-electron chi connectivity index (χ4n) is 1.74. The minimum absolute atomic E-state index is 0.655. The van der Waals surface area contributed by atoms with Gasteiger partial charge in [0.25, 0.3) is 0 Å². The van der Waals surface area contributed by atoms with Crippen LogP contribution in [0.1, 0.15) is 12.5 Å². The molecule has 1 heterocycles. The highest BCUT2D eigenvalue weighted by Gasteiger charge is 2.18. The largest absolute Gasteiger partial charge is 0.381 e. The number of nitrogens with one attached hydrogen (secondary N) is 1. The molecular formula is C11H15NS. The second-order valence-electron chi connectivity index (χ2n) is 3.36. The molecule has 0 fully saturated rings. The standard InChI is InChI=1S/C11H15NS/c1-2-13-8-10-7-9-5-3-4-6-11(9)12-10/h3-6,10,12H,2,7-8H2,1H3. The van der Waals surface area contributed by atoms with Crippen molar-refractivity contribution >= 4 is 17.4 Å². The molecule has 0 radical (unpaired) electrons. The van der Waals surface area contributed by atoms with Crippen molar-refractivity contribution in [1.29, 1.82) is 0 Å². The Hall–Kier alpha value is -0.630. The Balaban J connectivity index is 1.97. The van der Waals surface area contributed by atoms with Crippen LogP contribution in [-0.4, -0.2) is 17.5 Å². The predicted octanol–water partition coefficient (Wildman–Crippen LogP) is 2.78. The summed E-state index contributed by atoms with van der Waals surface area (Å²) in [6.45, 7) is 2.22. The molecule has 1 nitrogen and oxygen atoms in total. The van der Waals surface area contributed by atoms with Crippen molar-refractivity contribution in [1.82, 2.24) is 0 Å². The van der Waals surface area contributed by atoms with Crippen LogP contribution in [0, 0.1) is 0 Å².